The number of anilines is 1. The Morgan fingerprint density at radius 3 is 2.44 bits per heavy atom. The van der Waals surface area contributed by atoms with Gasteiger partial charge in [-0.2, -0.15) is 10.2 Å². The van der Waals surface area contributed by atoms with Gasteiger partial charge >= 0.3 is 0 Å². The molecule has 0 saturated carbocycles. The fourth-order valence-electron chi connectivity index (χ4n) is 3.12. The van der Waals surface area contributed by atoms with Crippen LogP contribution in [0.25, 0.3) is 16.6 Å². The number of benzene rings is 1. The Bertz CT molecular complexity index is 1200. The zero-order valence-corrected chi connectivity index (χ0v) is 20.3. The minimum absolute atomic E-state index is 0.338. The van der Waals surface area contributed by atoms with Crippen molar-refractivity contribution in [1.29, 1.82) is 0 Å². The van der Waals surface area contributed by atoms with Gasteiger partial charge in [0.25, 0.3) is 5.91 Å². The standard InChI is InChI=1S/C19H20N6O2.C3H8.C2H6/c1-11-7-20-17-13(8-21-25(17)9-11)18(26)22-16-5-12-10-24(4)23-15(12)6-14(16)19(2,3)27;1-3-2;1-2/h5-10,27H,1-4H3,(H,22,26);3H2,1-2H3;1-2H3. The average molecular weight is 439 g/mol. The molecule has 0 spiro atoms. The van der Waals surface area contributed by atoms with Crippen molar-refractivity contribution in [2.75, 3.05) is 5.32 Å². The molecule has 1 amide bonds. The van der Waals surface area contributed by atoms with E-state index in [4.69, 9.17) is 0 Å². The molecule has 3 heterocycles. The molecule has 0 saturated heterocycles. The van der Waals surface area contributed by atoms with E-state index in [0.717, 1.165) is 16.5 Å². The Labute approximate surface area is 189 Å². The van der Waals surface area contributed by atoms with Gasteiger partial charge in [0, 0.05) is 42.3 Å². The smallest absolute Gasteiger partial charge is 0.261 e. The highest BCUT2D eigenvalue weighted by molar-refractivity contribution is 6.09. The lowest BCUT2D eigenvalue weighted by Gasteiger charge is -2.22. The van der Waals surface area contributed by atoms with Gasteiger partial charge in [-0.25, -0.2) is 9.50 Å². The summed E-state index contributed by atoms with van der Waals surface area (Å²) in [5.74, 6) is -0.338. The zero-order valence-electron chi connectivity index (χ0n) is 20.3. The van der Waals surface area contributed by atoms with Crippen molar-refractivity contribution in [3.05, 3.63) is 53.6 Å². The van der Waals surface area contributed by atoms with Crippen molar-refractivity contribution in [2.45, 2.75) is 60.5 Å². The zero-order chi connectivity index (χ0) is 24.1. The number of aromatic nitrogens is 5. The van der Waals surface area contributed by atoms with Crippen molar-refractivity contribution in [1.82, 2.24) is 24.4 Å². The van der Waals surface area contributed by atoms with E-state index >= 15 is 0 Å². The Hall–Kier alpha value is -3.26. The average Bonchev–Trinajstić information content (AvgIpc) is 3.30. The summed E-state index contributed by atoms with van der Waals surface area (Å²) < 4.78 is 3.27. The number of fused-ring (bicyclic) bond motifs is 2. The number of hydrogen-bond acceptors (Lipinski definition) is 5. The number of amides is 1. The molecule has 172 valence electrons. The maximum Gasteiger partial charge on any atom is 0.261 e. The molecule has 3 aromatic heterocycles. The highest BCUT2D eigenvalue weighted by Crippen LogP contribution is 2.32. The first kappa shape index (κ1) is 25.0. The van der Waals surface area contributed by atoms with Crippen LogP contribution in [-0.2, 0) is 12.6 Å². The van der Waals surface area contributed by atoms with Crippen LogP contribution in [0.4, 0.5) is 5.69 Å². The van der Waals surface area contributed by atoms with Crippen molar-refractivity contribution in [3.63, 3.8) is 0 Å². The highest BCUT2D eigenvalue weighted by Gasteiger charge is 2.24. The molecule has 4 aromatic rings. The van der Waals surface area contributed by atoms with Gasteiger partial charge in [0.15, 0.2) is 5.65 Å². The van der Waals surface area contributed by atoms with Gasteiger partial charge in [-0.05, 0) is 38.5 Å². The number of rotatable bonds is 3. The number of nitrogens with zero attached hydrogens (tertiary/aromatic N) is 5. The highest BCUT2D eigenvalue weighted by atomic mass is 16.3. The number of aryl methyl sites for hydroxylation is 2. The minimum atomic E-state index is -1.15. The fraction of sp³-hybridized carbons (Fsp3) is 0.417. The predicted octanol–water partition coefficient (Wildman–Crippen LogP) is 4.85. The van der Waals surface area contributed by atoms with E-state index in [9.17, 15) is 9.90 Å². The van der Waals surface area contributed by atoms with Gasteiger partial charge in [-0.1, -0.05) is 34.1 Å². The monoisotopic (exact) mass is 438 g/mol. The number of nitrogens with one attached hydrogen (secondary N) is 1. The molecule has 8 heteroatoms. The maximum absolute atomic E-state index is 12.9. The molecule has 0 atom stereocenters. The molecule has 0 aliphatic carbocycles. The van der Waals surface area contributed by atoms with Gasteiger partial charge in [-0.3, -0.25) is 9.48 Å². The van der Waals surface area contributed by atoms with E-state index in [1.54, 1.807) is 35.3 Å². The number of hydrogen-bond donors (Lipinski definition) is 2. The minimum Gasteiger partial charge on any atom is -0.386 e. The first-order valence-corrected chi connectivity index (χ1v) is 11.0. The van der Waals surface area contributed by atoms with Gasteiger partial charge in [0.1, 0.15) is 5.56 Å². The molecule has 32 heavy (non-hydrogen) atoms. The summed E-state index contributed by atoms with van der Waals surface area (Å²) in [4.78, 5) is 17.2. The van der Waals surface area contributed by atoms with Gasteiger partial charge in [0.05, 0.1) is 17.3 Å². The molecule has 4 rings (SSSR count). The summed E-state index contributed by atoms with van der Waals surface area (Å²) in [6.07, 6.45) is 8.10. The third-order valence-electron chi connectivity index (χ3n) is 4.40. The van der Waals surface area contributed by atoms with E-state index in [1.165, 1.54) is 12.6 Å². The second-order valence-corrected chi connectivity index (χ2v) is 7.94. The van der Waals surface area contributed by atoms with E-state index in [-0.39, 0.29) is 5.91 Å². The normalized spacial score (nSPS) is 10.9. The Morgan fingerprint density at radius 1 is 1.16 bits per heavy atom. The Kier molecular flexibility index (Phi) is 8.10. The first-order valence-electron chi connectivity index (χ1n) is 11.0. The summed E-state index contributed by atoms with van der Waals surface area (Å²) in [5.41, 5.74) is 2.50. The third kappa shape index (κ3) is 5.50. The fourth-order valence-corrected chi connectivity index (χ4v) is 3.12. The quantitative estimate of drug-likeness (QED) is 0.477. The topological polar surface area (TPSA) is 97.3 Å². The van der Waals surface area contributed by atoms with Crippen LogP contribution in [-0.4, -0.2) is 35.4 Å². The predicted molar refractivity (Wildman–Crippen MR) is 129 cm³/mol. The number of aliphatic hydroxyl groups is 1. The molecular formula is C24H34N6O2. The molecule has 2 N–H and O–H groups in total. The molecule has 0 bridgehead atoms. The van der Waals surface area contributed by atoms with Crippen molar-refractivity contribution >= 4 is 28.1 Å². The lowest BCUT2D eigenvalue weighted by atomic mass is 9.95. The summed E-state index contributed by atoms with van der Waals surface area (Å²) >= 11 is 0. The second-order valence-electron chi connectivity index (χ2n) is 7.94. The van der Waals surface area contributed by atoms with E-state index in [0.29, 0.717) is 22.5 Å². The van der Waals surface area contributed by atoms with E-state index in [1.807, 2.05) is 46.3 Å². The molecular weight excluding hydrogens is 404 g/mol. The van der Waals surface area contributed by atoms with Crippen LogP contribution in [0.15, 0.2) is 36.9 Å². The largest absolute Gasteiger partial charge is 0.386 e. The summed E-state index contributed by atoms with van der Waals surface area (Å²) in [6.45, 7) is 13.5. The van der Waals surface area contributed by atoms with Crippen molar-refractivity contribution in [2.24, 2.45) is 7.05 Å². The second kappa shape index (κ2) is 10.4. The maximum atomic E-state index is 12.9. The van der Waals surface area contributed by atoms with Crippen molar-refractivity contribution in [3.8, 4) is 0 Å². The summed E-state index contributed by atoms with van der Waals surface area (Å²) in [7, 11) is 1.83. The lowest BCUT2D eigenvalue weighted by Crippen LogP contribution is -2.21. The molecule has 0 radical (unpaired) electrons. The number of carbonyl (C=O) groups excluding carboxylic acids is 1. The molecule has 0 aliphatic rings. The van der Waals surface area contributed by atoms with Gasteiger partial charge < -0.3 is 10.4 Å². The SMILES string of the molecule is CC.CCC.Cc1cnc2c(C(=O)Nc3cc4cn(C)nc4cc3C(C)(C)O)cnn2c1. The van der Waals surface area contributed by atoms with Crippen LogP contribution in [0.1, 0.15) is 69.4 Å². The van der Waals surface area contributed by atoms with Crippen LogP contribution >= 0.6 is 0 Å². The Morgan fingerprint density at radius 2 is 1.81 bits per heavy atom. The van der Waals surface area contributed by atoms with E-state index in [2.05, 4.69) is 34.3 Å². The Balaban J connectivity index is 0.000000671. The molecule has 0 unspecified atom stereocenters. The molecule has 8 nitrogen and oxygen atoms in total. The molecule has 0 fully saturated rings. The van der Waals surface area contributed by atoms with Crippen LogP contribution in [0, 0.1) is 6.92 Å². The van der Waals surface area contributed by atoms with Crippen molar-refractivity contribution < 1.29 is 9.90 Å². The van der Waals surface area contributed by atoms with Gasteiger partial charge in [-0.15, -0.1) is 0 Å². The van der Waals surface area contributed by atoms with Crippen LogP contribution < -0.4 is 5.32 Å². The van der Waals surface area contributed by atoms with Crippen LogP contribution in [0.5, 0.6) is 0 Å². The van der Waals surface area contributed by atoms with Crippen LogP contribution in [0.2, 0.25) is 0 Å². The van der Waals surface area contributed by atoms with Crippen LogP contribution in [0.3, 0.4) is 0 Å². The first-order chi connectivity index (χ1) is 15.1. The summed E-state index contributed by atoms with van der Waals surface area (Å²) in [6, 6.07) is 3.61. The van der Waals surface area contributed by atoms with Gasteiger partial charge in [0.2, 0.25) is 0 Å². The number of carbonyl (C=O) groups is 1. The molecule has 0 aliphatic heterocycles. The third-order valence-corrected chi connectivity index (χ3v) is 4.40. The summed E-state index contributed by atoms with van der Waals surface area (Å²) in [5, 5.41) is 22.9. The molecule has 1 aromatic carbocycles. The van der Waals surface area contributed by atoms with E-state index < -0.39 is 5.60 Å². The lowest BCUT2D eigenvalue weighted by molar-refractivity contribution is 0.0794.